The molecule has 0 fully saturated rings. The third kappa shape index (κ3) is 4.24. The van der Waals surface area contributed by atoms with Gasteiger partial charge in [0.15, 0.2) is 5.69 Å². The fourth-order valence-electron chi connectivity index (χ4n) is 3.84. The normalized spacial score (nSPS) is 11.5. The molecule has 13 heteroatoms. The van der Waals surface area contributed by atoms with E-state index in [1.54, 1.807) is 27.7 Å². The molecule has 0 atom stereocenters. The average molecular weight is 512 g/mol. The van der Waals surface area contributed by atoms with Crippen LogP contribution in [0.3, 0.4) is 0 Å². The molecule has 0 aliphatic carbocycles. The molecule has 0 saturated heterocycles. The van der Waals surface area contributed by atoms with Crippen molar-refractivity contribution in [1.82, 2.24) is 24.5 Å². The molecule has 5 aromatic heterocycles. The van der Waals surface area contributed by atoms with Crippen LogP contribution in [0.4, 0.5) is 14.5 Å². The quantitative estimate of drug-likeness (QED) is 0.333. The first kappa shape index (κ1) is 23.4. The lowest BCUT2D eigenvalue weighted by molar-refractivity contribution is 0.100. The summed E-state index contributed by atoms with van der Waals surface area (Å²) in [5.74, 6) is -1.19. The first-order chi connectivity index (χ1) is 17.2. The van der Waals surface area contributed by atoms with Crippen LogP contribution in [0, 0.1) is 13.8 Å². The second-order valence-electron chi connectivity index (χ2n) is 7.99. The molecule has 5 heterocycles. The predicted octanol–water partition coefficient (Wildman–Crippen LogP) is 4.36. The number of hydrogen-bond donors (Lipinski definition) is 2. The zero-order valence-electron chi connectivity index (χ0n) is 19.0. The molecule has 0 aliphatic rings. The number of primary amides is 1. The number of aryl methyl sites for hydroxylation is 2. The Bertz CT molecular complexity index is 1600. The zero-order valence-corrected chi connectivity index (χ0v) is 19.8. The summed E-state index contributed by atoms with van der Waals surface area (Å²) in [6.45, 7) is 4.08. The monoisotopic (exact) mass is 511 g/mol. The molecule has 0 radical (unpaired) electrons. The molecule has 3 N–H and O–H groups in total. The highest BCUT2D eigenvalue weighted by molar-refractivity contribution is 7.21. The number of anilines is 1. The smallest absolute Gasteiger partial charge is 0.280 e. The Morgan fingerprint density at radius 3 is 2.67 bits per heavy atom. The van der Waals surface area contributed by atoms with Crippen LogP contribution in [0.15, 0.2) is 47.2 Å². The maximum atomic E-state index is 13.5. The molecular weight excluding hydrogens is 492 g/mol. The summed E-state index contributed by atoms with van der Waals surface area (Å²) in [4.78, 5) is 29.4. The minimum absolute atomic E-state index is 0.0350. The molecule has 0 aliphatic heterocycles. The van der Waals surface area contributed by atoms with Gasteiger partial charge in [-0.2, -0.15) is 10.2 Å². The van der Waals surface area contributed by atoms with Gasteiger partial charge in [0.2, 0.25) is 0 Å². The summed E-state index contributed by atoms with van der Waals surface area (Å²) in [6.07, 6.45) is 0.154. The molecule has 2 amide bonds. The third-order valence-corrected chi connectivity index (χ3v) is 6.51. The van der Waals surface area contributed by atoms with Crippen LogP contribution in [0.25, 0.3) is 21.5 Å². The number of hydrogen-bond acceptors (Lipinski definition) is 7. The van der Waals surface area contributed by atoms with Gasteiger partial charge in [-0.25, -0.2) is 18.4 Å². The predicted molar refractivity (Wildman–Crippen MR) is 128 cm³/mol. The van der Waals surface area contributed by atoms with E-state index < -0.39 is 23.9 Å². The minimum atomic E-state index is -2.86. The summed E-state index contributed by atoms with van der Waals surface area (Å²) in [5, 5.41) is 11.6. The lowest BCUT2D eigenvalue weighted by Crippen LogP contribution is -2.18. The van der Waals surface area contributed by atoms with Gasteiger partial charge < -0.3 is 15.5 Å². The fourth-order valence-corrected chi connectivity index (χ4v) is 4.86. The standard InChI is InChI=1S/C23H19F2N7O3S/c1-11-8-12(2)32(29-11)10-31-6-5-14(30-31)22(34)28-18-17-13(16-4-3-7-35-16)9-15(20(24)25)27-23(17)36-19(18)21(26)33/h3-9,20H,10H2,1-2H3,(H2,26,33)(H,28,34). The van der Waals surface area contributed by atoms with E-state index in [0.717, 1.165) is 22.7 Å². The molecule has 5 aromatic rings. The largest absolute Gasteiger partial charge is 0.464 e. The van der Waals surface area contributed by atoms with E-state index in [1.165, 1.54) is 18.4 Å². The zero-order chi connectivity index (χ0) is 25.6. The van der Waals surface area contributed by atoms with Crippen molar-refractivity contribution in [2.24, 2.45) is 5.73 Å². The first-order valence-electron chi connectivity index (χ1n) is 10.7. The highest BCUT2D eigenvalue weighted by Gasteiger charge is 2.26. The lowest BCUT2D eigenvalue weighted by atomic mass is 10.1. The number of thiophene rings is 1. The number of aromatic nitrogens is 5. The highest BCUT2D eigenvalue weighted by atomic mass is 32.1. The molecule has 184 valence electrons. The molecular formula is C23H19F2N7O3S. The fraction of sp³-hybridized carbons (Fsp3) is 0.174. The maximum absolute atomic E-state index is 13.5. The third-order valence-electron chi connectivity index (χ3n) is 5.41. The summed E-state index contributed by atoms with van der Waals surface area (Å²) < 4.78 is 35.8. The van der Waals surface area contributed by atoms with Crippen molar-refractivity contribution in [3.8, 4) is 11.3 Å². The molecule has 5 rings (SSSR count). The van der Waals surface area contributed by atoms with Crippen molar-refractivity contribution >= 4 is 39.1 Å². The Hall–Kier alpha value is -4.39. The number of halogens is 2. The Kier molecular flexibility index (Phi) is 5.84. The van der Waals surface area contributed by atoms with Crippen LogP contribution in [0.2, 0.25) is 0 Å². The van der Waals surface area contributed by atoms with E-state index in [-0.39, 0.29) is 37.8 Å². The molecule has 0 saturated carbocycles. The molecule has 10 nitrogen and oxygen atoms in total. The number of nitrogens with zero attached hydrogens (tertiary/aromatic N) is 5. The number of rotatable bonds is 7. The molecule has 0 bridgehead atoms. The summed E-state index contributed by atoms with van der Waals surface area (Å²) in [6, 6.07) is 7.78. The highest BCUT2D eigenvalue weighted by Crippen LogP contribution is 2.42. The van der Waals surface area contributed by atoms with Crippen molar-refractivity contribution in [2.75, 3.05) is 5.32 Å². The topological polar surface area (TPSA) is 134 Å². The van der Waals surface area contributed by atoms with Crippen LogP contribution in [0.1, 0.15) is 43.7 Å². The number of carbonyl (C=O) groups is 2. The summed E-state index contributed by atoms with van der Waals surface area (Å²) in [7, 11) is 0. The number of furan rings is 1. The molecule has 0 spiro atoms. The number of nitrogens with two attached hydrogens (primary N) is 1. The summed E-state index contributed by atoms with van der Waals surface area (Å²) >= 11 is 0.811. The number of carbonyl (C=O) groups excluding carboxylic acids is 2. The Labute approximate surface area is 206 Å². The second kappa shape index (κ2) is 9.00. The number of amides is 2. The average Bonchev–Trinajstić information content (AvgIpc) is 3.61. The van der Waals surface area contributed by atoms with Crippen molar-refractivity contribution in [3.63, 3.8) is 0 Å². The van der Waals surface area contributed by atoms with E-state index in [2.05, 4.69) is 20.5 Å². The van der Waals surface area contributed by atoms with Crippen LogP contribution in [0.5, 0.6) is 0 Å². The van der Waals surface area contributed by atoms with E-state index >= 15 is 0 Å². The van der Waals surface area contributed by atoms with Gasteiger partial charge >= 0.3 is 0 Å². The Balaban J connectivity index is 1.54. The van der Waals surface area contributed by atoms with E-state index in [4.69, 9.17) is 10.2 Å². The number of fused-ring (bicyclic) bond motifs is 1. The van der Waals surface area contributed by atoms with Crippen LogP contribution >= 0.6 is 11.3 Å². The van der Waals surface area contributed by atoms with Gasteiger partial charge in [0, 0.05) is 22.8 Å². The number of pyridine rings is 1. The Morgan fingerprint density at radius 2 is 2.03 bits per heavy atom. The van der Waals surface area contributed by atoms with Gasteiger partial charge in [-0.3, -0.25) is 14.3 Å². The van der Waals surface area contributed by atoms with Crippen molar-refractivity contribution in [1.29, 1.82) is 0 Å². The van der Waals surface area contributed by atoms with Crippen molar-refractivity contribution in [3.05, 3.63) is 70.4 Å². The molecule has 36 heavy (non-hydrogen) atoms. The van der Waals surface area contributed by atoms with Gasteiger partial charge in [-0.1, -0.05) is 0 Å². The first-order valence-corrected chi connectivity index (χ1v) is 11.5. The van der Waals surface area contributed by atoms with E-state index in [0.29, 0.717) is 6.67 Å². The van der Waals surface area contributed by atoms with Crippen molar-refractivity contribution < 1.29 is 22.8 Å². The Morgan fingerprint density at radius 1 is 1.22 bits per heavy atom. The molecule has 0 unspecified atom stereocenters. The van der Waals surface area contributed by atoms with Gasteiger partial charge in [0.1, 0.15) is 27.8 Å². The summed E-state index contributed by atoms with van der Waals surface area (Å²) in [5.41, 5.74) is 7.23. The van der Waals surface area contributed by atoms with Crippen LogP contribution in [-0.2, 0) is 6.67 Å². The van der Waals surface area contributed by atoms with Crippen LogP contribution in [-0.4, -0.2) is 36.4 Å². The van der Waals surface area contributed by atoms with Crippen molar-refractivity contribution in [2.45, 2.75) is 26.9 Å². The van der Waals surface area contributed by atoms with Gasteiger partial charge in [0.25, 0.3) is 18.2 Å². The lowest BCUT2D eigenvalue weighted by Gasteiger charge is -2.09. The van der Waals surface area contributed by atoms with Gasteiger partial charge in [0.05, 0.1) is 17.6 Å². The second-order valence-corrected chi connectivity index (χ2v) is 8.98. The van der Waals surface area contributed by atoms with E-state index in [1.807, 2.05) is 19.9 Å². The van der Waals surface area contributed by atoms with Crippen LogP contribution < -0.4 is 11.1 Å². The van der Waals surface area contributed by atoms with E-state index in [9.17, 15) is 18.4 Å². The number of nitrogens with one attached hydrogen (secondary N) is 1. The maximum Gasteiger partial charge on any atom is 0.280 e. The molecule has 0 aromatic carbocycles. The van der Waals surface area contributed by atoms with Gasteiger partial charge in [-0.05, 0) is 44.2 Å². The van der Waals surface area contributed by atoms with Gasteiger partial charge in [-0.15, -0.1) is 11.3 Å². The SMILES string of the molecule is Cc1cc(C)n(Cn2ccc(C(=O)Nc3c(C(N)=O)sc4nc(C(F)F)cc(-c5ccco5)c34)n2)n1. The number of alkyl halides is 2. The minimum Gasteiger partial charge on any atom is -0.464 e.